The molecule has 32 heavy (non-hydrogen) atoms. The van der Waals surface area contributed by atoms with Crippen molar-refractivity contribution < 1.29 is 19.4 Å². The molecular weight excluding hydrogens is 426 g/mol. The maximum Gasteiger partial charge on any atom is 0.256 e. The lowest BCUT2D eigenvalue weighted by molar-refractivity contribution is -0.199. The lowest BCUT2D eigenvalue weighted by Crippen LogP contribution is -2.52. The predicted octanol–water partition coefficient (Wildman–Crippen LogP) is 5.55. The number of aryl methyl sites for hydroxylation is 1. The van der Waals surface area contributed by atoms with Gasteiger partial charge in [-0.05, 0) is 74.1 Å². The fraction of sp³-hybridized carbons (Fsp3) is 0.423. The third-order valence-electron chi connectivity index (χ3n) is 7.28. The number of carbonyl (C=O) groups is 1. The Balaban J connectivity index is 1.47. The zero-order valence-corrected chi connectivity index (χ0v) is 19.3. The summed E-state index contributed by atoms with van der Waals surface area (Å²) in [5.41, 5.74) is 3.26. The quantitative estimate of drug-likeness (QED) is 0.625. The van der Waals surface area contributed by atoms with Crippen molar-refractivity contribution in [2.45, 2.75) is 70.0 Å². The molecule has 2 atom stereocenters. The van der Waals surface area contributed by atoms with Gasteiger partial charge < -0.3 is 19.9 Å². The van der Waals surface area contributed by atoms with Crippen LogP contribution in [0.25, 0.3) is 16.7 Å². The lowest BCUT2D eigenvalue weighted by Gasteiger charge is -2.41. The molecule has 0 radical (unpaired) electrons. The highest BCUT2D eigenvalue weighted by Crippen LogP contribution is 2.49. The number of hydrogen-bond acceptors (Lipinski definition) is 4. The highest BCUT2D eigenvalue weighted by atomic mass is 35.5. The topological polar surface area (TPSA) is 67.8 Å². The van der Waals surface area contributed by atoms with Crippen LogP contribution in [0.3, 0.4) is 0 Å². The predicted molar refractivity (Wildman–Crippen MR) is 124 cm³/mol. The first-order valence-corrected chi connectivity index (χ1v) is 11.6. The van der Waals surface area contributed by atoms with Gasteiger partial charge in [-0.25, -0.2) is 0 Å². The number of nitrogens with one attached hydrogen (secondary N) is 1. The Bertz CT molecular complexity index is 1090. The number of rotatable bonds is 2. The molecule has 2 aliphatic heterocycles. The third kappa shape index (κ3) is 3.43. The normalized spacial score (nSPS) is 32.2. The van der Waals surface area contributed by atoms with E-state index in [-0.39, 0.29) is 23.9 Å². The smallest absolute Gasteiger partial charge is 0.256 e. The standard InChI is InChI=1S/C26H28ClNO4/c1-15-4-5-19(18-6-8-20(27)9-7-18)14-21(15)22-23(29)25(28-24(22)30)10-12-26(13-11-25)31-16(2)17(3)32-26/h4-9,14,16-17,29H,10-13H2,1-3H3,(H,28,30). The maximum absolute atomic E-state index is 13.1. The molecule has 2 fully saturated rings. The van der Waals surface area contributed by atoms with Crippen LogP contribution in [0.1, 0.15) is 50.7 Å². The molecule has 2 aromatic carbocycles. The van der Waals surface area contributed by atoms with Crippen LogP contribution in [-0.4, -0.2) is 34.5 Å². The summed E-state index contributed by atoms with van der Waals surface area (Å²) in [6.07, 6.45) is 2.49. The molecule has 1 amide bonds. The van der Waals surface area contributed by atoms with Gasteiger partial charge in [0.15, 0.2) is 5.79 Å². The first kappa shape index (κ1) is 21.5. The first-order valence-electron chi connectivity index (χ1n) is 11.2. The van der Waals surface area contributed by atoms with Gasteiger partial charge in [0.2, 0.25) is 0 Å². The Morgan fingerprint density at radius 2 is 1.56 bits per heavy atom. The summed E-state index contributed by atoms with van der Waals surface area (Å²) in [6.45, 7) is 6.00. The molecule has 0 bridgehead atoms. The number of hydrogen-bond donors (Lipinski definition) is 2. The van der Waals surface area contributed by atoms with E-state index in [1.54, 1.807) is 0 Å². The van der Waals surface area contributed by atoms with Crippen molar-refractivity contribution in [1.29, 1.82) is 0 Å². The molecule has 2 N–H and O–H groups in total. The largest absolute Gasteiger partial charge is 0.509 e. The molecule has 168 valence electrons. The van der Waals surface area contributed by atoms with Crippen LogP contribution in [0, 0.1) is 6.92 Å². The van der Waals surface area contributed by atoms with Crippen molar-refractivity contribution in [2.24, 2.45) is 0 Å². The van der Waals surface area contributed by atoms with Crippen molar-refractivity contribution in [2.75, 3.05) is 0 Å². The molecular formula is C26H28ClNO4. The summed E-state index contributed by atoms with van der Waals surface area (Å²) >= 11 is 6.03. The van der Waals surface area contributed by atoms with Crippen LogP contribution in [0.4, 0.5) is 0 Å². The molecule has 2 aromatic rings. The van der Waals surface area contributed by atoms with E-state index in [1.165, 1.54) is 0 Å². The molecule has 6 heteroatoms. The summed E-state index contributed by atoms with van der Waals surface area (Å²) in [6, 6.07) is 13.6. The lowest BCUT2D eigenvalue weighted by atomic mass is 9.77. The van der Waals surface area contributed by atoms with Crippen LogP contribution < -0.4 is 5.32 Å². The summed E-state index contributed by atoms with van der Waals surface area (Å²) in [7, 11) is 0. The average molecular weight is 454 g/mol. The maximum atomic E-state index is 13.1. The highest BCUT2D eigenvalue weighted by Gasteiger charge is 2.55. The summed E-state index contributed by atoms with van der Waals surface area (Å²) in [4.78, 5) is 13.1. The van der Waals surface area contributed by atoms with Gasteiger partial charge in [0.25, 0.3) is 5.91 Å². The zero-order chi connectivity index (χ0) is 22.7. The fourth-order valence-corrected chi connectivity index (χ4v) is 5.33. The van der Waals surface area contributed by atoms with Gasteiger partial charge in [0, 0.05) is 17.9 Å². The van der Waals surface area contributed by atoms with Crippen molar-refractivity contribution in [3.05, 3.63) is 64.4 Å². The molecule has 2 spiro atoms. The highest BCUT2D eigenvalue weighted by molar-refractivity contribution is 6.30. The Labute approximate surface area is 193 Å². The summed E-state index contributed by atoms with van der Waals surface area (Å²) < 4.78 is 12.3. The molecule has 1 saturated carbocycles. The van der Waals surface area contributed by atoms with Crippen LogP contribution >= 0.6 is 11.6 Å². The zero-order valence-electron chi connectivity index (χ0n) is 18.6. The number of benzene rings is 2. The molecule has 1 saturated heterocycles. The Morgan fingerprint density at radius 1 is 0.969 bits per heavy atom. The van der Waals surface area contributed by atoms with E-state index >= 15 is 0 Å². The molecule has 0 aromatic heterocycles. The van der Waals surface area contributed by atoms with E-state index in [1.807, 2.05) is 63.2 Å². The Morgan fingerprint density at radius 3 is 2.19 bits per heavy atom. The number of amides is 1. The van der Waals surface area contributed by atoms with Gasteiger partial charge in [-0.1, -0.05) is 35.9 Å². The Kier molecular flexibility index (Phi) is 5.12. The van der Waals surface area contributed by atoms with Crippen molar-refractivity contribution in [3.63, 3.8) is 0 Å². The second-order valence-electron chi connectivity index (χ2n) is 9.35. The van der Waals surface area contributed by atoms with Crippen molar-refractivity contribution in [1.82, 2.24) is 5.32 Å². The van der Waals surface area contributed by atoms with E-state index in [2.05, 4.69) is 5.32 Å². The van der Waals surface area contributed by atoms with Gasteiger partial charge in [0.1, 0.15) is 5.76 Å². The van der Waals surface area contributed by atoms with E-state index in [0.29, 0.717) is 36.3 Å². The van der Waals surface area contributed by atoms with E-state index < -0.39 is 11.3 Å². The molecule has 5 nitrogen and oxygen atoms in total. The minimum atomic E-state index is -0.762. The first-order chi connectivity index (χ1) is 15.2. The number of ether oxygens (including phenoxy) is 2. The molecule has 3 aliphatic rings. The molecule has 1 aliphatic carbocycles. The van der Waals surface area contributed by atoms with Crippen LogP contribution in [-0.2, 0) is 14.3 Å². The van der Waals surface area contributed by atoms with E-state index in [9.17, 15) is 9.90 Å². The number of carbonyl (C=O) groups excluding carboxylic acids is 1. The van der Waals surface area contributed by atoms with Gasteiger partial charge in [0.05, 0.1) is 23.3 Å². The fourth-order valence-electron chi connectivity index (χ4n) is 5.20. The van der Waals surface area contributed by atoms with Crippen molar-refractivity contribution >= 4 is 23.1 Å². The van der Waals surface area contributed by atoms with Crippen LogP contribution in [0.2, 0.25) is 5.02 Å². The minimum Gasteiger partial charge on any atom is -0.509 e. The third-order valence-corrected chi connectivity index (χ3v) is 7.53. The van der Waals surface area contributed by atoms with Gasteiger partial charge in [-0.3, -0.25) is 4.79 Å². The van der Waals surface area contributed by atoms with Gasteiger partial charge >= 0.3 is 0 Å². The summed E-state index contributed by atoms with van der Waals surface area (Å²) in [5, 5.41) is 15.1. The molecule has 5 rings (SSSR count). The number of aliphatic hydroxyl groups excluding tert-OH is 1. The van der Waals surface area contributed by atoms with Crippen LogP contribution in [0.15, 0.2) is 48.2 Å². The number of aliphatic hydroxyl groups is 1. The minimum absolute atomic E-state index is 0.0418. The van der Waals surface area contributed by atoms with Gasteiger partial charge in [-0.2, -0.15) is 0 Å². The Hall–Kier alpha value is -2.34. The molecule has 2 heterocycles. The molecule has 2 unspecified atom stereocenters. The van der Waals surface area contributed by atoms with E-state index in [0.717, 1.165) is 22.3 Å². The van der Waals surface area contributed by atoms with E-state index in [4.69, 9.17) is 21.1 Å². The SMILES string of the molecule is Cc1ccc(-c2ccc(Cl)cc2)cc1C1=C(O)C2(CCC3(CC2)OC(C)C(C)O3)NC1=O. The monoisotopic (exact) mass is 453 g/mol. The average Bonchev–Trinajstić information content (AvgIpc) is 3.18. The summed E-state index contributed by atoms with van der Waals surface area (Å²) in [5.74, 6) is -0.708. The van der Waals surface area contributed by atoms with Crippen molar-refractivity contribution in [3.8, 4) is 11.1 Å². The van der Waals surface area contributed by atoms with Crippen LogP contribution in [0.5, 0.6) is 0 Å². The second kappa shape index (κ2) is 7.62. The van der Waals surface area contributed by atoms with Gasteiger partial charge in [-0.15, -0.1) is 0 Å². The number of halogens is 1. The second-order valence-corrected chi connectivity index (χ2v) is 9.79.